The van der Waals surface area contributed by atoms with Crippen LogP contribution in [0.15, 0.2) is 54.6 Å². The van der Waals surface area contributed by atoms with Crippen LogP contribution in [-0.4, -0.2) is 48.1 Å². The zero-order chi connectivity index (χ0) is 24.3. The van der Waals surface area contributed by atoms with E-state index in [9.17, 15) is 4.79 Å². The Morgan fingerprint density at radius 1 is 0.941 bits per heavy atom. The summed E-state index contributed by atoms with van der Waals surface area (Å²) in [4.78, 5) is 16.8. The van der Waals surface area contributed by atoms with Gasteiger partial charge in [0.1, 0.15) is 0 Å². The molecule has 4 rings (SSSR count). The van der Waals surface area contributed by atoms with Crippen molar-refractivity contribution in [2.75, 3.05) is 20.2 Å². The summed E-state index contributed by atoms with van der Waals surface area (Å²) in [6, 6.07) is 18.0. The van der Waals surface area contributed by atoms with Crippen LogP contribution in [0.5, 0.6) is 0 Å². The van der Waals surface area contributed by atoms with Gasteiger partial charge in [0.05, 0.1) is 12.7 Å². The Morgan fingerprint density at radius 2 is 1.53 bits per heavy atom. The number of rotatable bonds is 6. The van der Waals surface area contributed by atoms with Crippen LogP contribution in [0.4, 0.5) is 0 Å². The highest BCUT2D eigenvalue weighted by molar-refractivity contribution is 5.89. The molecule has 0 radical (unpaired) electrons. The van der Waals surface area contributed by atoms with Crippen LogP contribution in [-0.2, 0) is 17.8 Å². The Labute approximate surface area is 205 Å². The van der Waals surface area contributed by atoms with Crippen molar-refractivity contribution in [3.8, 4) is 0 Å². The van der Waals surface area contributed by atoms with E-state index in [1.165, 1.54) is 48.6 Å². The minimum atomic E-state index is -0.283. The first-order chi connectivity index (χ1) is 16.2. The number of ether oxygens (including phenoxy) is 1. The molecule has 0 aromatic heterocycles. The van der Waals surface area contributed by atoms with E-state index in [-0.39, 0.29) is 5.97 Å². The fraction of sp³-hybridized carbons (Fsp3) is 0.500. The fourth-order valence-electron chi connectivity index (χ4n) is 5.40. The molecule has 2 aliphatic rings. The molecule has 1 fully saturated rings. The molecule has 1 aliphatic heterocycles. The lowest BCUT2D eigenvalue weighted by molar-refractivity contribution is 0.0290. The molecule has 182 valence electrons. The first kappa shape index (κ1) is 24.7. The summed E-state index contributed by atoms with van der Waals surface area (Å²) in [5.74, 6) is -0.283. The predicted molar refractivity (Wildman–Crippen MR) is 140 cm³/mol. The Kier molecular flexibility index (Phi) is 7.59. The number of carbonyl (C=O) groups is 1. The van der Waals surface area contributed by atoms with Gasteiger partial charge < -0.3 is 4.74 Å². The molecule has 2 aromatic carbocycles. The van der Waals surface area contributed by atoms with Gasteiger partial charge in [-0.2, -0.15) is 0 Å². The Bertz CT molecular complexity index is 995. The summed E-state index contributed by atoms with van der Waals surface area (Å²) in [7, 11) is 1.42. The number of nitrogens with zero attached hydrogens (tertiary/aromatic N) is 2. The van der Waals surface area contributed by atoms with Gasteiger partial charge in [-0.15, -0.1) is 0 Å². The fourth-order valence-corrected chi connectivity index (χ4v) is 5.40. The number of piperazine rings is 1. The molecular weight excluding hydrogens is 420 g/mol. The first-order valence-corrected chi connectivity index (χ1v) is 12.7. The van der Waals surface area contributed by atoms with Gasteiger partial charge in [-0.1, -0.05) is 56.3 Å². The van der Waals surface area contributed by atoms with Gasteiger partial charge in [0.15, 0.2) is 0 Å². The van der Waals surface area contributed by atoms with E-state index in [4.69, 9.17) is 4.74 Å². The maximum Gasteiger partial charge on any atom is 0.337 e. The molecule has 0 saturated carbocycles. The lowest BCUT2D eigenvalue weighted by Crippen LogP contribution is -2.55. The van der Waals surface area contributed by atoms with Crippen LogP contribution in [0.25, 0.3) is 5.57 Å². The highest BCUT2D eigenvalue weighted by atomic mass is 16.5. The van der Waals surface area contributed by atoms with Crippen molar-refractivity contribution in [2.24, 2.45) is 5.41 Å². The number of carbonyl (C=O) groups excluding carboxylic acids is 1. The number of benzene rings is 2. The monoisotopic (exact) mass is 460 g/mol. The molecule has 0 unspecified atom stereocenters. The third-order valence-corrected chi connectivity index (χ3v) is 7.62. The van der Waals surface area contributed by atoms with E-state index < -0.39 is 0 Å². The van der Waals surface area contributed by atoms with Crippen molar-refractivity contribution in [3.05, 3.63) is 76.9 Å². The summed E-state index contributed by atoms with van der Waals surface area (Å²) in [6.07, 6.45) is 6.09. The van der Waals surface area contributed by atoms with E-state index in [0.29, 0.717) is 23.1 Å². The molecule has 4 nitrogen and oxygen atoms in total. The minimum absolute atomic E-state index is 0.283. The van der Waals surface area contributed by atoms with Gasteiger partial charge in [0.2, 0.25) is 0 Å². The topological polar surface area (TPSA) is 32.8 Å². The van der Waals surface area contributed by atoms with Gasteiger partial charge in [0, 0.05) is 38.3 Å². The second-order valence-corrected chi connectivity index (χ2v) is 11.0. The first-order valence-electron chi connectivity index (χ1n) is 12.7. The Balaban J connectivity index is 1.33. The molecule has 0 N–H and O–H groups in total. The maximum absolute atomic E-state index is 11.7. The highest BCUT2D eigenvalue weighted by Gasteiger charge is 2.29. The second kappa shape index (κ2) is 10.5. The molecule has 2 aromatic rings. The quantitative estimate of drug-likeness (QED) is 0.483. The number of hydrogen-bond donors (Lipinski definition) is 0. The molecule has 2 atom stereocenters. The van der Waals surface area contributed by atoms with Crippen molar-refractivity contribution in [3.63, 3.8) is 0 Å². The molecule has 1 aliphatic carbocycles. The molecule has 0 amide bonds. The third kappa shape index (κ3) is 5.97. The van der Waals surface area contributed by atoms with Crippen LogP contribution in [0.3, 0.4) is 0 Å². The summed E-state index contributed by atoms with van der Waals surface area (Å²) in [5.41, 5.74) is 6.59. The van der Waals surface area contributed by atoms with Gasteiger partial charge >= 0.3 is 5.97 Å². The summed E-state index contributed by atoms with van der Waals surface area (Å²) < 4.78 is 4.81. The second-order valence-electron chi connectivity index (χ2n) is 11.0. The molecule has 0 spiro atoms. The number of methoxy groups -OCH3 is 1. The van der Waals surface area contributed by atoms with E-state index in [1.807, 2.05) is 24.3 Å². The summed E-state index contributed by atoms with van der Waals surface area (Å²) in [5, 5.41) is 0. The van der Waals surface area contributed by atoms with Gasteiger partial charge in [-0.3, -0.25) is 9.80 Å². The van der Waals surface area contributed by atoms with Gasteiger partial charge in [0.25, 0.3) is 0 Å². The van der Waals surface area contributed by atoms with Crippen molar-refractivity contribution in [1.82, 2.24) is 9.80 Å². The minimum Gasteiger partial charge on any atom is -0.465 e. The van der Waals surface area contributed by atoms with Crippen molar-refractivity contribution < 1.29 is 9.53 Å². The standard InChI is InChI=1S/C30H40N2O2/c1-22-18-31(19-23(2)32(22)21-25-8-12-28(13-9-25)29(33)34-5)20-24-6-10-26(11-7-24)27-14-16-30(3,4)17-15-27/h6-14,22-23H,15-21H2,1-5H3/t22-,23+. The van der Waals surface area contributed by atoms with Crippen molar-refractivity contribution in [2.45, 2.75) is 72.1 Å². The highest BCUT2D eigenvalue weighted by Crippen LogP contribution is 2.37. The van der Waals surface area contributed by atoms with Crippen molar-refractivity contribution in [1.29, 1.82) is 0 Å². The lowest BCUT2D eigenvalue weighted by atomic mass is 9.77. The van der Waals surface area contributed by atoms with Crippen LogP contribution in [0.2, 0.25) is 0 Å². The summed E-state index contributed by atoms with van der Waals surface area (Å²) in [6.45, 7) is 13.4. The molecule has 4 heteroatoms. The van der Waals surface area contributed by atoms with Crippen LogP contribution < -0.4 is 0 Å². The van der Waals surface area contributed by atoms with Crippen LogP contribution in [0.1, 0.15) is 74.0 Å². The van der Waals surface area contributed by atoms with Gasteiger partial charge in [-0.25, -0.2) is 4.79 Å². The molecule has 0 bridgehead atoms. The Hall–Kier alpha value is -2.43. The zero-order valence-electron chi connectivity index (χ0n) is 21.5. The SMILES string of the molecule is COC(=O)c1ccc(CN2[C@H](C)CN(Cc3ccc(C4=CCC(C)(C)CC4)cc3)C[C@@H]2C)cc1. The van der Waals surface area contributed by atoms with Crippen LogP contribution in [0, 0.1) is 5.41 Å². The van der Waals surface area contributed by atoms with Crippen molar-refractivity contribution >= 4 is 11.5 Å². The number of esters is 1. The number of allylic oxidation sites excluding steroid dienone is 2. The Morgan fingerprint density at radius 3 is 2.09 bits per heavy atom. The smallest absolute Gasteiger partial charge is 0.337 e. The zero-order valence-corrected chi connectivity index (χ0v) is 21.5. The van der Waals surface area contributed by atoms with E-state index in [1.54, 1.807) is 0 Å². The average molecular weight is 461 g/mol. The average Bonchev–Trinajstić information content (AvgIpc) is 2.82. The van der Waals surface area contributed by atoms with Crippen LogP contribution >= 0.6 is 0 Å². The molecule has 34 heavy (non-hydrogen) atoms. The van der Waals surface area contributed by atoms with E-state index >= 15 is 0 Å². The van der Waals surface area contributed by atoms with E-state index in [2.05, 4.69) is 67.8 Å². The molecular formula is C30H40N2O2. The largest absolute Gasteiger partial charge is 0.465 e. The molecule has 1 saturated heterocycles. The van der Waals surface area contributed by atoms with Gasteiger partial charge in [-0.05, 0) is 72.9 Å². The summed E-state index contributed by atoms with van der Waals surface area (Å²) >= 11 is 0. The molecule has 1 heterocycles. The third-order valence-electron chi connectivity index (χ3n) is 7.62. The maximum atomic E-state index is 11.7. The predicted octanol–water partition coefficient (Wildman–Crippen LogP) is 6.16. The van der Waals surface area contributed by atoms with E-state index in [0.717, 1.165) is 26.2 Å². The number of hydrogen-bond acceptors (Lipinski definition) is 4. The lowest BCUT2D eigenvalue weighted by Gasteiger charge is -2.44. The normalized spacial score (nSPS) is 23.4.